The largest absolute Gasteiger partial charge is 0.457 e. The van der Waals surface area contributed by atoms with Gasteiger partial charge < -0.3 is 43.5 Å². The first-order chi connectivity index (χ1) is 26.2. The SMILES string of the molecule is C/C=C/C(O)C(C)(C)C1CC=CC(O)C(O)C=CC=Cc2nc(co2)C(=O)OC(C(C)(C)C(O)/C=C/C)CC=CC2OC2C=CC=Cc2nc(co2)C(=O)O1. The van der Waals surface area contributed by atoms with Crippen molar-refractivity contribution in [3.63, 3.8) is 0 Å². The number of cyclic esters (lactones) is 2. The molecule has 2 aliphatic rings. The monoisotopic (exact) mass is 760 g/mol. The van der Waals surface area contributed by atoms with E-state index in [0.717, 1.165) is 0 Å². The van der Waals surface area contributed by atoms with Crippen molar-refractivity contribution in [3.05, 3.63) is 121 Å². The first-order valence-corrected chi connectivity index (χ1v) is 18.2. The predicted molar refractivity (Wildman–Crippen MR) is 205 cm³/mol. The van der Waals surface area contributed by atoms with Crippen molar-refractivity contribution in [2.24, 2.45) is 10.8 Å². The molecule has 0 aliphatic carbocycles. The second kappa shape index (κ2) is 19.6. The average molecular weight is 761 g/mol. The molecule has 13 heteroatoms. The van der Waals surface area contributed by atoms with Crippen LogP contribution in [0.3, 0.4) is 0 Å². The number of oxazole rings is 2. The van der Waals surface area contributed by atoms with E-state index in [1.54, 1.807) is 90.2 Å². The zero-order chi connectivity index (χ0) is 40.2. The number of ether oxygens (including phenoxy) is 3. The van der Waals surface area contributed by atoms with Crippen molar-refractivity contribution in [1.29, 1.82) is 0 Å². The zero-order valence-corrected chi connectivity index (χ0v) is 32.0. The normalized spacial score (nSPS) is 26.1. The number of allylic oxidation sites excluding steroid dienone is 6. The number of aliphatic hydroxyl groups is 4. The number of hydrogen-bond donors (Lipinski definition) is 4. The molecule has 0 aromatic carbocycles. The van der Waals surface area contributed by atoms with Crippen LogP contribution in [0.2, 0.25) is 0 Å². The molecule has 4 heterocycles. The van der Waals surface area contributed by atoms with Crippen LogP contribution in [0, 0.1) is 10.8 Å². The second-order valence-corrected chi connectivity index (χ2v) is 14.4. The Bertz CT molecular complexity index is 1820. The Morgan fingerprint density at radius 3 is 1.60 bits per heavy atom. The molecule has 0 saturated carbocycles. The molecule has 2 aromatic rings. The van der Waals surface area contributed by atoms with Gasteiger partial charge in [-0.2, -0.15) is 0 Å². The summed E-state index contributed by atoms with van der Waals surface area (Å²) in [5.74, 6) is -1.22. The summed E-state index contributed by atoms with van der Waals surface area (Å²) in [5.41, 5.74) is -1.97. The summed E-state index contributed by atoms with van der Waals surface area (Å²) in [7, 11) is 0. The maximum atomic E-state index is 13.2. The van der Waals surface area contributed by atoms with Crippen LogP contribution in [-0.4, -0.2) is 91.2 Å². The summed E-state index contributed by atoms with van der Waals surface area (Å²) >= 11 is 0. The van der Waals surface area contributed by atoms with E-state index in [1.165, 1.54) is 42.9 Å². The summed E-state index contributed by atoms with van der Waals surface area (Å²) in [4.78, 5) is 34.8. The maximum Gasteiger partial charge on any atom is 0.360 e. The fourth-order valence-electron chi connectivity index (χ4n) is 5.52. The highest BCUT2D eigenvalue weighted by Gasteiger charge is 2.40. The first kappa shape index (κ1) is 42.8. The van der Waals surface area contributed by atoms with Gasteiger partial charge in [0, 0.05) is 35.8 Å². The molecule has 296 valence electrons. The van der Waals surface area contributed by atoms with Crippen LogP contribution in [0.15, 0.2) is 106 Å². The minimum atomic E-state index is -1.32. The molecule has 55 heavy (non-hydrogen) atoms. The van der Waals surface area contributed by atoms with Gasteiger partial charge in [-0.1, -0.05) is 113 Å². The number of hydrogen-bond acceptors (Lipinski definition) is 13. The molecule has 4 rings (SSSR count). The molecule has 8 atom stereocenters. The molecule has 0 amide bonds. The van der Waals surface area contributed by atoms with Crippen molar-refractivity contribution in [2.75, 3.05) is 0 Å². The van der Waals surface area contributed by atoms with E-state index < -0.39 is 59.4 Å². The van der Waals surface area contributed by atoms with Gasteiger partial charge in [0.15, 0.2) is 11.4 Å². The third kappa shape index (κ3) is 12.0. The highest BCUT2D eigenvalue weighted by atomic mass is 16.6. The molecule has 2 aliphatic heterocycles. The predicted octanol–water partition coefficient (Wildman–Crippen LogP) is 5.87. The highest BCUT2D eigenvalue weighted by molar-refractivity contribution is 5.87. The average Bonchev–Trinajstić information content (AvgIpc) is 3.46. The number of carbonyl (C=O) groups excluding carboxylic acids is 2. The lowest BCUT2D eigenvalue weighted by Gasteiger charge is -2.36. The lowest BCUT2D eigenvalue weighted by atomic mass is 9.79. The van der Waals surface area contributed by atoms with E-state index in [-0.39, 0.29) is 48.2 Å². The number of aliphatic hydroxyl groups excluding tert-OH is 4. The topological polar surface area (TPSA) is 198 Å². The van der Waals surface area contributed by atoms with E-state index in [2.05, 4.69) is 9.97 Å². The molecule has 1 fully saturated rings. The van der Waals surface area contributed by atoms with Crippen LogP contribution in [0.4, 0.5) is 0 Å². The molecule has 1 saturated heterocycles. The number of nitrogens with zero attached hydrogens (tertiary/aromatic N) is 2. The number of fused-ring (bicyclic) bond motifs is 5. The summed E-state index contributed by atoms with van der Waals surface area (Å²) < 4.78 is 28.3. The minimum Gasteiger partial charge on any atom is -0.457 e. The van der Waals surface area contributed by atoms with Crippen molar-refractivity contribution >= 4 is 24.1 Å². The van der Waals surface area contributed by atoms with Gasteiger partial charge in [-0.25, -0.2) is 19.6 Å². The lowest BCUT2D eigenvalue weighted by molar-refractivity contribution is -0.0462. The molecular weight excluding hydrogens is 708 g/mol. The Hall–Kier alpha value is -4.92. The Labute approximate surface area is 321 Å². The molecule has 0 spiro atoms. The van der Waals surface area contributed by atoms with Crippen LogP contribution < -0.4 is 0 Å². The maximum absolute atomic E-state index is 13.2. The van der Waals surface area contributed by atoms with Gasteiger partial charge in [0.05, 0.1) is 12.2 Å². The molecule has 8 unspecified atom stereocenters. The Kier molecular flexibility index (Phi) is 15.3. The molecular formula is C42H52N2O11. The van der Waals surface area contributed by atoms with E-state index in [1.807, 2.05) is 18.2 Å². The number of aromatic nitrogens is 2. The van der Waals surface area contributed by atoms with Crippen LogP contribution in [0.25, 0.3) is 12.2 Å². The summed E-state index contributed by atoms with van der Waals surface area (Å²) in [5, 5.41) is 42.9. The van der Waals surface area contributed by atoms with Gasteiger partial charge in [0.2, 0.25) is 11.8 Å². The Morgan fingerprint density at radius 1 is 0.673 bits per heavy atom. The smallest absolute Gasteiger partial charge is 0.360 e. The van der Waals surface area contributed by atoms with Gasteiger partial charge in [-0.3, -0.25) is 0 Å². The summed E-state index contributed by atoms with van der Waals surface area (Å²) in [6, 6.07) is 0. The number of epoxide rings is 1. The quantitative estimate of drug-likeness (QED) is 0.155. The van der Waals surface area contributed by atoms with E-state index >= 15 is 0 Å². The molecule has 4 N–H and O–H groups in total. The van der Waals surface area contributed by atoms with E-state index in [4.69, 9.17) is 23.0 Å². The zero-order valence-electron chi connectivity index (χ0n) is 32.0. The van der Waals surface area contributed by atoms with E-state index in [0.29, 0.717) is 0 Å². The van der Waals surface area contributed by atoms with Gasteiger partial charge in [0.1, 0.15) is 49.2 Å². The second-order valence-electron chi connectivity index (χ2n) is 14.4. The van der Waals surface area contributed by atoms with Gasteiger partial charge in [-0.15, -0.1) is 0 Å². The number of carbonyl (C=O) groups is 2. The molecule has 0 radical (unpaired) electrons. The minimum absolute atomic E-state index is 0.0654. The first-order valence-electron chi connectivity index (χ1n) is 18.2. The van der Waals surface area contributed by atoms with Gasteiger partial charge >= 0.3 is 11.9 Å². The number of rotatable bonds is 6. The molecule has 13 nitrogen and oxygen atoms in total. The van der Waals surface area contributed by atoms with Crippen molar-refractivity contribution in [3.8, 4) is 0 Å². The van der Waals surface area contributed by atoms with Crippen molar-refractivity contribution < 1.29 is 53.1 Å². The Balaban J connectivity index is 1.59. The van der Waals surface area contributed by atoms with Crippen LogP contribution >= 0.6 is 0 Å². The lowest BCUT2D eigenvalue weighted by Crippen LogP contribution is -2.42. The summed E-state index contributed by atoms with van der Waals surface area (Å²) in [6.07, 6.45) is 22.2. The summed E-state index contributed by atoms with van der Waals surface area (Å²) in [6.45, 7) is 10.7. The Morgan fingerprint density at radius 2 is 1.11 bits per heavy atom. The standard InChI is InChI=1S/C42H52N2O11/c1-7-15-33(47)41(3,4)35-21-13-18-30(46)29(45)17-9-11-23-37-43-28(25-51-37)40(50)55-36(42(5,6)34(48)16-8-2)22-14-20-32-31(53-32)19-10-12-24-38-44-27(26-52-38)39(49)54-35/h7-20,23-26,29-36,45-48H,21-22H2,1-6H3/b15-7+,16-8+,17-9?,18-13?,19-10?,20-14?,23-11?,24-12?. The third-order valence-corrected chi connectivity index (χ3v) is 9.47. The van der Waals surface area contributed by atoms with Crippen molar-refractivity contribution in [2.45, 2.75) is 103 Å². The van der Waals surface area contributed by atoms with Crippen LogP contribution in [0.5, 0.6) is 0 Å². The van der Waals surface area contributed by atoms with Gasteiger partial charge in [-0.05, 0) is 13.8 Å². The highest BCUT2D eigenvalue weighted by Crippen LogP contribution is 2.34. The molecule has 4 bridgehead atoms. The third-order valence-electron chi connectivity index (χ3n) is 9.47. The fourth-order valence-corrected chi connectivity index (χ4v) is 5.52. The fraction of sp³-hybridized carbons (Fsp3) is 0.429. The van der Waals surface area contributed by atoms with Crippen LogP contribution in [0.1, 0.15) is 87.1 Å². The number of esters is 2. The van der Waals surface area contributed by atoms with Crippen molar-refractivity contribution in [1.82, 2.24) is 9.97 Å². The van der Waals surface area contributed by atoms with Crippen LogP contribution in [-0.2, 0) is 14.2 Å². The van der Waals surface area contributed by atoms with E-state index in [9.17, 15) is 30.0 Å². The van der Waals surface area contributed by atoms with Gasteiger partial charge in [0.25, 0.3) is 0 Å². The molecule has 2 aromatic heterocycles.